The molecule has 32 rings (SSSR count). The number of para-hydroxylation sites is 3. The maximum absolute atomic E-state index is 7.21. The SMILES string of the molecule is c1ccc(C2(c3ccccc3)c3ccccc3-c3c(N(c4ccc5c(c4)oc4ccccc45)c4cccc5oc6cc7c(cc6c45)-c4ccccc4C74c5ccccc5Sc5ccccc54)cccc32)cc1.c1ccc(C2(c3ccccc3)c3ccccc3-c3ccc(N(c4cccc5c4oc4ccccc45)c4cccc5oc6cc7c(cc6c45)-c4ccccc4C74c5ccccc5Sc5ccccc54)cc32)cc1. The predicted molar refractivity (Wildman–Crippen MR) is 589 cm³/mol. The lowest BCUT2D eigenvalue weighted by molar-refractivity contribution is 0.664. The van der Waals surface area contributed by atoms with Crippen molar-refractivity contribution in [3.8, 4) is 44.5 Å². The molecule has 0 amide bonds. The molecule has 4 aliphatic carbocycles. The van der Waals surface area contributed by atoms with E-state index in [1.54, 1.807) is 0 Å². The Kier molecular flexibility index (Phi) is 17.4. The van der Waals surface area contributed by atoms with E-state index < -0.39 is 21.7 Å². The van der Waals surface area contributed by atoms with Crippen LogP contribution in [-0.2, 0) is 21.7 Å². The Labute approximate surface area is 838 Å². The van der Waals surface area contributed by atoms with Crippen LogP contribution in [-0.4, -0.2) is 0 Å². The topological polar surface area (TPSA) is 59.0 Å². The molecule has 26 aromatic rings. The van der Waals surface area contributed by atoms with E-state index in [1.165, 1.54) is 153 Å². The third-order valence-electron chi connectivity index (χ3n) is 32.0. The van der Waals surface area contributed by atoms with Gasteiger partial charge >= 0.3 is 0 Å². The average Bonchev–Trinajstić information content (AvgIpc) is 1.48. The van der Waals surface area contributed by atoms with Crippen LogP contribution in [0.2, 0.25) is 0 Å². The van der Waals surface area contributed by atoms with Crippen molar-refractivity contribution in [1.82, 2.24) is 0 Å². The predicted octanol–water partition coefficient (Wildman–Crippen LogP) is 36.3. The molecule has 22 aromatic carbocycles. The summed E-state index contributed by atoms with van der Waals surface area (Å²) < 4.78 is 28.1. The molecular formula is C136H82N2O4S2. The molecule has 2 aliphatic heterocycles. The fraction of sp³-hybridized carbons (Fsp3) is 0.0294. The van der Waals surface area contributed by atoms with Gasteiger partial charge in [-0.25, -0.2) is 0 Å². The molecular weight excluding hydrogens is 1790 g/mol. The van der Waals surface area contributed by atoms with E-state index in [0.29, 0.717) is 0 Å². The van der Waals surface area contributed by atoms with Gasteiger partial charge in [-0.15, -0.1) is 0 Å². The minimum absolute atomic E-state index is 0.517. The van der Waals surface area contributed by atoms with Crippen LogP contribution >= 0.6 is 23.5 Å². The number of rotatable bonds is 10. The number of nitrogens with zero attached hydrogens (tertiary/aromatic N) is 2. The van der Waals surface area contributed by atoms with Crippen LogP contribution in [0.4, 0.5) is 34.1 Å². The minimum Gasteiger partial charge on any atom is -0.456 e. The summed E-state index contributed by atoms with van der Waals surface area (Å²) in [7, 11) is 0. The summed E-state index contributed by atoms with van der Waals surface area (Å²) in [5.41, 5.74) is 40.7. The number of fused-ring (bicyclic) bond motifs is 36. The van der Waals surface area contributed by atoms with E-state index in [0.717, 1.165) is 122 Å². The third-order valence-corrected chi connectivity index (χ3v) is 34.3. The second kappa shape index (κ2) is 30.9. The zero-order valence-corrected chi connectivity index (χ0v) is 79.3. The van der Waals surface area contributed by atoms with Gasteiger partial charge in [0.1, 0.15) is 39.1 Å². The maximum Gasteiger partial charge on any atom is 0.159 e. The number of hydrogen-bond acceptors (Lipinski definition) is 8. The summed E-state index contributed by atoms with van der Waals surface area (Å²) >= 11 is 3.74. The Bertz CT molecular complexity index is 9750. The number of furan rings is 4. The summed E-state index contributed by atoms with van der Waals surface area (Å²) in [5, 5.41) is 8.59. The molecule has 0 atom stereocenters. The van der Waals surface area contributed by atoms with Gasteiger partial charge in [-0.1, -0.05) is 394 Å². The molecule has 0 radical (unpaired) electrons. The molecule has 144 heavy (non-hydrogen) atoms. The zero-order valence-electron chi connectivity index (χ0n) is 77.7. The summed E-state index contributed by atoms with van der Waals surface area (Å²) in [5.74, 6) is 0. The van der Waals surface area contributed by atoms with Crippen LogP contribution in [0.1, 0.15) is 89.0 Å². The summed E-state index contributed by atoms with van der Waals surface area (Å²) in [6, 6.07) is 183. The molecule has 8 heteroatoms. The van der Waals surface area contributed by atoms with Crippen LogP contribution in [0.15, 0.2) is 535 Å². The Morgan fingerprint density at radius 2 is 0.479 bits per heavy atom. The van der Waals surface area contributed by atoms with Crippen molar-refractivity contribution in [3.05, 3.63) is 586 Å². The Morgan fingerprint density at radius 1 is 0.167 bits per heavy atom. The fourth-order valence-electron chi connectivity index (χ4n) is 26.5. The van der Waals surface area contributed by atoms with Gasteiger partial charge < -0.3 is 27.5 Å². The third kappa shape index (κ3) is 11.0. The first-order chi connectivity index (χ1) is 71.4. The van der Waals surface area contributed by atoms with Crippen LogP contribution in [0.3, 0.4) is 0 Å². The van der Waals surface area contributed by atoms with E-state index >= 15 is 0 Å². The molecule has 0 N–H and O–H groups in total. The van der Waals surface area contributed by atoms with Gasteiger partial charge in [0, 0.05) is 74.9 Å². The van der Waals surface area contributed by atoms with Crippen molar-refractivity contribution < 1.29 is 17.7 Å². The van der Waals surface area contributed by atoms with Gasteiger partial charge in [0.15, 0.2) is 5.58 Å². The normalized spacial score (nSPS) is 14.3. The molecule has 672 valence electrons. The lowest BCUT2D eigenvalue weighted by Gasteiger charge is -2.39. The molecule has 6 nitrogen and oxygen atoms in total. The molecule has 0 unspecified atom stereocenters. The van der Waals surface area contributed by atoms with Gasteiger partial charge in [-0.05, 0) is 249 Å². The first-order valence-electron chi connectivity index (χ1n) is 49.5. The van der Waals surface area contributed by atoms with Crippen LogP contribution in [0.5, 0.6) is 0 Å². The van der Waals surface area contributed by atoms with Crippen molar-refractivity contribution >= 4 is 145 Å². The van der Waals surface area contributed by atoms with Crippen molar-refractivity contribution in [2.75, 3.05) is 9.80 Å². The van der Waals surface area contributed by atoms with E-state index in [9.17, 15) is 0 Å². The zero-order chi connectivity index (χ0) is 94.2. The van der Waals surface area contributed by atoms with Gasteiger partial charge in [0.25, 0.3) is 0 Å². The van der Waals surface area contributed by atoms with Crippen LogP contribution in [0.25, 0.3) is 132 Å². The van der Waals surface area contributed by atoms with Crippen LogP contribution < -0.4 is 9.80 Å². The molecule has 0 bridgehead atoms. The quantitative estimate of drug-likeness (QED) is 0.134. The second-order valence-corrected chi connectivity index (χ2v) is 40.9. The first kappa shape index (κ1) is 81.2. The van der Waals surface area contributed by atoms with E-state index in [2.05, 4.69) is 501 Å². The molecule has 0 saturated carbocycles. The van der Waals surface area contributed by atoms with Crippen molar-refractivity contribution in [2.45, 2.75) is 41.2 Å². The first-order valence-corrected chi connectivity index (χ1v) is 51.1. The van der Waals surface area contributed by atoms with E-state index in [4.69, 9.17) is 17.7 Å². The molecule has 2 spiro atoms. The molecule has 0 saturated heterocycles. The largest absolute Gasteiger partial charge is 0.456 e. The monoisotopic (exact) mass is 1870 g/mol. The Morgan fingerprint density at radius 3 is 0.986 bits per heavy atom. The van der Waals surface area contributed by atoms with Gasteiger partial charge in [-0.3, -0.25) is 0 Å². The minimum atomic E-state index is -0.589. The standard InChI is InChI=1S/2C68H41NO2S/c1-3-19-42(20-4-1)67(43-21-5-2-6-22-43)52-27-11-8-25-48(52)65-55(67)30-17-31-57(65)69(44-37-38-47-46-24-9-14-33-59(46)70-61(47)39-44)58-32-18-34-60-66(58)50-40-49-45-23-7-10-26-51(45)68(56(49)41-62(50)71-60)53-28-12-15-35-63(53)72-64-36-16-13-29-54(64)68;1-3-19-42(20-4-1)67(43-21-5-2-6-22-43)52-27-10-7-23-45(52)47-38-37-44(39-56(47)67)69(59-32-17-26-49-48-25-9-14-33-60(48)71-66(49)59)58-31-18-34-61-65(58)51-40-50-46-24-8-11-28-53(46)68(57(50)41-62(51)70-61)54-29-12-15-35-63(54)72-64-36-16-13-30-55(64)68/h2*1-41H. The Hall–Kier alpha value is -17.7. The summed E-state index contributed by atoms with van der Waals surface area (Å²) in [4.78, 5) is 10.0. The van der Waals surface area contributed by atoms with Crippen molar-refractivity contribution in [2.24, 2.45) is 0 Å². The fourth-order valence-corrected chi connectivity index (χ4v) is 28.9. The summed E-state index contributed by atoms with van der Waals surface area (Å²) in [6.45, 7) is 0. The highest BCUT2D eigenvalue weighted by Crippen LogP contribution is 2.68. The van der Waals surface area contributed by atoms with Gasteiger partial charge in [0.05, 0.1) is 55.2 Å². The van der Waals surface area contributed by atoms with Gasteiger partial charge in [-0.2, -0.15) is 0 Å². The smallest absolute Gasteiger partial charge is 0.159 e. The average molecular weight is 1870 g/mol. The highest BCUT2D eigenvalue weighted by molar-refractivity contribution is 7.99. The summed E-state index contributed by atoms with van der Waals surface area (Å²) in [6.07, 6.45) is 0. The lowest BCUT2D eigenvalue weighted by atomic mass is 9.67. The number of anilines is 6. The van der Waals surface area contributed by atoms with Crippen molar-refractivity contribution in [1.29, 1.82) is 0 Å². The van der Waals surface area contributed by atoms with E-state index in [1.807, 2.05) is 29.6 Å². The highest BCUT2D eigenvalue weighted by Gasteiger charge is 2.55. The van der Waals surface area contributed by atoms with Crippen LogP contribution in [0, 0.1) is 0 Å². The maximum atomic E-state index is 7.21. The molecule has 4 aromatic heterocycles. The molecule has 6 heterocycles. The highest BCUT2D eigenvalue weighted by atomic mass is 32.2. The number of benzene rings is 22. The Balaban J connectivity index is 0.000000131. The van der Waals surface area contributed by atoms with Gasteiger partial charge in [0.2, 0.25) is 0 Å². The van der Waals surface area contributed by atoms with E-state index in [-0.39, 0.29) is 0 Å². The number of hydrogen-bond donors (Lipinski definition) is 0. The lowest BCUT2D eigenvalue weighted by Crippen LogP contribution is -2.31. The second-order valence-electron chi connectivity index (χ2n) is 38.8. The molecule has 6 aliphatic rings. The van der Waals surface area contributed by atoms with Crippen molar-refractivity contribution in [3.63, 3.8) is 0 Å². The molecule has 0 fully saturated rings.